The van der Waals surface area contributed by atoms with Crippen LogP contribution >= 0.6 is 31.0 Å². The summed E-state index contributed by atoms with van der Waals surface area (Å²) in [6, 6.07) is 10.5. The van der Waals surface area contributed by atoms with E-state index in [0.717, 1.165) is 22.6 Å². The summed E-state index contributed by atoms with van der Waals surface area (Å²) < 4.78 is 60.8. The molecule has 3 N–H and O–H groups in total. The largest absolute Gasteiger partial charge is 0.416 e. The van der Waals surface area contributed by atoms with Crippen molar-refractivity contribution < 1.29 is 31.9 Å². The zero-order valence-corrected chi connectivity index (χ0v) is 20.9. The Morgan fingerprint density at radius 2 is 1.76 bits per heavy atom. The number of halogens is 4. The van der Waals surface area contributed by atoms with Gasteiger partial charge in [-0.15, -0.1) is 0 Å². The van der Waals surface area contributed by atoms with Crippen LogP contribution in [-0.2, 0) is 26.2 Å². The predicted octanol–water partition coefficient (Wildman–Crippen LogP) is 6.40. The van der Waals surface area contributed by atoms with Gasteiger partial charge in [-0.3, -0.25) is 4.57 Å². The van der Waals surface area contributed by atoms with Crippen molar-refractivity contribution in [1.82, 2.24) is 0 Å². The van der Waals surface area contributed by atoms with Crippen LogP contribution in [0.25, 0.3) is 0 Å². The standard InChI is InChI=1S/C22H28ClF3NO4PS/c1-30-32(29,31-2)12-11-21(27,15-28)10-4-5-16-8-9-19(14-20(16)23)33-18-7-3-6-17(13-18)22(24,25)26/h3,6-9,13-14,28H,4-5,10-12,15,27H2,1-2H3. The van der Waals surface area contributed by atoms with E-state index >= 15 is 0 Å². The van der Waals surface area contributed by atoms with Crippen LogP contribution < -0.4 is 5.73 Å². The quantitative estimate of drug-likeness (QED) is 0.312. The Kier molecular flexibility index (Phi) is 10.3. The maximum absolute atomic E-state index is 12.9. The Morgan fingerprint density at radius 3 is 2.33 bits per heavy atom. The average Bonchev–Trinajstić information content (AvgIpc) is 2.78. The second-order valence-electron chi connectivity index (χ2n) is 7.70. The minimum Gasteiger partial charge on any atom is -0.394 e. The third-order valence-electron chi connectivity index (χ3n) is 5.30. The molecule has 11 heteroatoms. The van der Waals surface area contributed by atoms with Gasteiger partial charge < -0.3 is 19.9 Å². The Labute approximate surface area is 201 Å². The van der Waals surface area contributed by atoms with Crippen LogP contribution in [0, 0.1) is 0 Å². The van der Waals surface area contributed by atoms with Gasteiger partial charge in [0.15, 0.2) is 0 Å². The van der Waals surface area contributed by atoms with E-state index in [9.17, 15) is 22.8 Å². The lowest BCUT2D eigenvalue weighted by molar-refractivity contribution is -0.137. The highest BCUT2D eigenvalue weighted by Crippen LogP contribution is 2.47. The SMILES string of the molecule is COP(=O)(CCC(N)(CO)CCCc1ccc(Sc2cccc(C(F)(F)F)c2)cc1Cl)OC. The van der Waals surface area contributed by atoms with Crippen molar-refractivity contribution in [2.75, 3.05) is 27.0 Å². The number of nitrogens with two attached hydrogens (primary N) is 1. The molecule has 0 amide bonds. The molecule has 2 rings (SSSR count). The molecule has 0 aliphatic rings. The molecule has 5 nitrogen and oxygen atoms in total. The number of hydrogen-bond donors (Lipinski definition) is 2. The van der Waals surface area contributed by atoms with Crippen molar-refractivity contribution >= 4 is 31.0 Å². The first-order chi connectivity index (χ1) is 15.4. The van der Waals surface area contributed by atoms with Gasteiger partial charge in [0.1, 0.15) is 0 Å². The first kappa shape index (κ1) is 28.2. The molecular formula is C22H28ClF3NO4PS. The fraction of sp³-hybridized carbons (Fsp3) is 0.455. The van der Waals surface area contributed by atoms with Crippen LogP contribution in [0.5, 0.6) is 0 Å². The van der Waals surface area contributed by atoms with Crippen LogP contribution in [0.4, 0.5) is 13.2 Å². The zero-order valence-electron chi connectivity index (χ0n) is 18.4. The summed E-state index contributed by atoms with van der Waals surface area (Å²) in [5, 5.41) is 10.2. The molecule has 0 saturated heterocycles. The highest BCUT2D eigenvalue weighted by Gasteiger charge is 2.31. The van der Waals surface area contributed by atoms with Crippen molar-refractivity contribution in [2.45, 2.75) is 47.2 Å². The first-order valence-electron chi connectivity index (χ1n) is 10.2. The molecular weight excluding hydrogens is 498 g/mol. The molecule has 0 bridgehead atoms. The van der Waals surface area contributed by atoms with Crippen LogP contribution in [0.3, 0.4) is 0 Å². The van der Waals surface area contributed by atoms with Crippen LogP contribution in [0.15, 0.2) is 52.3 Å². The van der Waals surface area contributed by atoms with E-state index in [-0.39, 0.29) is 19.2 Å². The number of aliphatic hydroxyl groups is 1. The topological polar surface area (TPSA) is 81.8 Å². The monoisotopic (exact) mass is 525 g/mol. The maximum atomic E-state index is 12.9. The highest BCUT2D eigenvalue weighted by atomic mass is 35.5. The summed E-state index contributed by atoms with van der Waals surface area (Å²) in [5.74, 6) is 0. The fourth-order valence-corrected chi connectivity index (χ4v) is 5.69. The Morgan fingerprint density at radius 1 is 1.09 bits per heavy atom. The first-order valence-corrected chi connectivity index (χ1v) is 13.1. The van der Waals surface area contributed by atoms with Gasteiger partial charge in [0, 0.05) is 34.6 Å². The molecule has 0 heterocycles. The molecule has 184 valence electrons. The van der Waals surface area contributed by atoms with Gasteiger partial charge in [-0.25, -0.2) is 0 Å². The zero-order chi connectivity index (χ0) is 24.7. The molecule has 0 aromatic heterocycles. The molecule has 1 atom stereocenters. The summed E-state index contributed by atoms with van der Waals surface area (Å²) in [7, 11) is -0.605. The van der Waals surface area contributed by atoms with Crippen LogP contribution in [-0.4, -0.2) is 37.6 Å². The minimum atomic E-state index is -4.39. The lowest BCUT2D eigenvalue weighted by atomic mass is 9.91. The van der Waals surface area contributed by atoms with E-state index in [1.807, 2.05) is 6.07 Å². The third kappa shape index (κ3) is 8.58. The third-order valence-corrected chi connectivity index (χ3v) is 8.51. The summed E-state index contributed by atoms with van der Waals surface area (Å²) in [6.07, 6.45) is -2.34. The van der Waals surface area contributed by atoms with Gasteiger partial charge in [-0.05, 0) is 61.6 Å². The van der Waals surface area contributed by atoms with Crippen molar-refractivity contribution in [3.05, 3.63) is 58.6 Å². The van der Waals surface area contributed by atoms with E-state index in [0.29, 0.717) is 29.2 Å². The molecule has 2 aromatic rings. The molecule has 0 aliphatic carbocycles. The van der Waals surface area contributed by atoms with E-state index in [4.69, 9.17) is 26.4 Å². The molecule has 0 saturated carbocycles. The molecule has 0 spiro atoms. The van der Waals surface area contributed by atoms with Gasteiger partial charge in [-0.1, -0.05) is 35.5 Å². The van der Waals surface area contributed by atoms with Crippen molar-refractivity contribution in [3.63, 3.8) is 0 Å². The summed E-state index contributed by atoms with van der Waals surface area (Å²) in [6.45, 7) is -0.277. The van der Waals surface area contributed by atoms with Gasteiger partial charge in [0.2, 0.25) is 0 Å². The Bertz CT molecular complexity index is 971. The molecule has 33 heavy (non-hydrogen) atoms. The smallest absolute Gasteiger partial charge is 0.394 e. The van der Waals surface area contributed by atoms with Crippen LogP contribution in [0.2, 0.25) is 5.02 Å². The summed E-state index contributed by atoms with van der Waals surface area (Å²) in [4.78, 5) is 1.19. The maximum Gasteiger partial charge on any atom is 0.416 e. The van der Waals surface area contributed by atoms with Crippen molar-refractivity contribution in [2.24, 2.45) is 5.73 Å². The van der Waals surface area contributed by atoms with E-state index in [1.54, 1.807) is 18.2 Å². The number of alkyl halides is 3. The summed E-state index contributed by atoms with van der Waals surface area (Å²) >= 11 is 7.60. The molecule has 0 aliphatic heterocycles. The molecule has 1 unspecified atom stereocenters. The minimum absolute atomic E-state index is 0.0965. The molecule has 0 radical (unpaired) electrons. The number of hydrogen-bond acceptors (Lipinski definition) is 6. The summed E-state index contributed by atoms with van der Waals surface area (Å²) in [5.41, 5.74) is 5.51. The Hall–Kier alpha value is -1.06. The highest BCUT2D eigenvalue weighted by molar-refractivity contribution is 7.99. The van der Waals surface area contributed by atoms with Crippen molar-refractivity contribution in [1.29, 1.82) is 0 Å². The van der Waals surface area contributed by atoms with Gasteiger partial charge >= 0.3 is 13.8 Å². The molecule has 2 aromatic carbocycles. The molecule has 0 fully saturated rings. The number of aliphatic hydroxyl groups excluding tert-OH is 1. The van der Waals surface area contributed by atoms with Gasteiger partial charge in [-0.2, -0.15) is 13.2 Å². The normalized spacial score (nSPS) is 14.3. The lowest BCUT2D eigenvalue weighted by Crippen LogP contribution is -2.44. The second-order valence-corrected chi connectivity index (χ2v) is 11.7. The number of benzene rings is 2. The predicted molar refractivity (Wildman–Crippen MR) is 125 cm³/mol. The lowest BCUT2D eigenvalue weighted by Gasteiger charge is -2.28. The van der Waals surface area contributed by atoms with Crippen LogP contribution in [0.1, 0.15) is 30.4 Å². The average molecular weight is 526 g/mol. The van der Waals surface area contributed by atoms with Gasteiger partial charge in [0.05, 0.1) is 18.3 Å². The fourth-order valence-electron chi connectivity index (χ4n) is 3.20. The Balaban J connectivity index is 1.97. The van der Waals surface area contributed by atoms with E-state index in [2.05, 4.69) is 0 Å². The number of aryl methyl sites for hydroxylation is 1. The second kappa shape index (κ2) is 12.1. The van der Waals surface area contributed by atoms with E-state index in [1.165, 1.54) is 32.0 Å². The van der Waals surface area contributed by atoms with Crippen molar-refractivity contribution in [3.8, 4) is 0 Å². The number of rotatable bonds is 12. The van der Waals surface area contributed by atoms with E-state index < -0.39 is 24.9 Å². The van der Waals surface area contributed by atoms with Gasteiger partial charge in [0.25, 0.3) is 0 Å².